The van der Waals surface area contributed by atoms with Gasteiger partial charge in [-0.05, 0) is 37.6 Å². The Morgan fingerprint density at radius 3 is 2.64 bits per heavy atom. The molecule has 142 valence electrons. The van der Waals surface area contributed by atoms with Gasteiger partial charge in [0, 0.05) is 20.1 Å². The van der Waals surface area contributed by atoms with Gasteiger partial charge >= 0.3 is 0 Å². The van der Waals surface area contributed by atoms with Crippen molar-refractivity contribution in [3.05, 3.63) is 71.6 Å². The molecule has 6 heteroatoms. The second-order valence-electron chi connectivity index (χ2n) is 6.74. The summed E-state index contributed by atoms with van der Waals surface area (Å²) in [4.78, 5) is 20.0. The summed E-state index contributed by atoms with van der Waals surface area (Å²) in [5, 5.41) is 5.26. The maximum atomic E-state index is 13.5. The van der Waals surface area contributed by atoms with E-state index >= 15 is 0 Å². The summed E-state index contributed by atoms with van der Waals surface area (Å²) in [7, 11) is 1.84. The molecule has 0 fully saturated rings. The van der Waals surface area contributed by atoms with Crippen LogP contribution < -0.4 is 0 Å². The van der Waals surface area contributed by atoms with Crippen molar-refractivity contribution in [3.63, 3.8) is 0 Å². The Labute approximate surface area is 163 Å². The largest absolute Gasteiger partial charge is 0.463 e. The van der Waals surface area contributed by atoms with E-state index in [1.165, 1.54) is 0 Å². The summed E-state index contributed by atoms with van der Waals surface area (Å²) in [6, 6.07) is 15.5. The van der Waals surface area contributed by atoms with Crippen LogP contribution in [0.1, 0.15) is 28.5 Å². The maximum absolute atomic E-state index is 13.5. The molecule has 0 spiro atoms. The lowest BCUT2D eigenvalue weighted by Gasteiger charge is -2.22. The zero-order valence-electron chi connectivity index (χ0n) is 16.2. The lowest BCUT2D eigenvalue weighted by atomic mass is 10.1. The van der Waals surface area contributed by atoms with Crippen LogP contribution in [0.5, 0.6) is 0 Å². The van der Waals surface area contributed by atoms with Gasteiger partial charge in [0.25, 0.3) is 5.91 Å². The van der Waals surface area contributed by atoms with Crippen LogP contribution in [-0.4, -0.2) is 32.1 Å². The molecule has 28 heavy (non-hydrogen) atoms. The Hall–Kier alpha value is -3.41. The van der Waals surface area contributed by atoms with Crippen molar-refractivity contribution in [2.45, 2.75) is 20.4 Å². The summed E-state index contributed by atoms with van der Waals surface area (Å²) in [6.07, 6.45) is 1.60. The van der Waals surface area contributed by atoms with Crippen LogP contribution in [0.2, 0.25) is 0 Å². The van der Waals surface area contributed by atoms with Crippen LogP contribution in [0.15, 0.2) is 59.2 Å². The summed E-state index contributed by atoms with van der Waals surface area (Å²) in [5.74, 6) is 0.587. The third kappa shape index (κ3) is 3.17. The van der Waals surface area contributed by atoms with Crippen molar-refractivity contribution in [1.29, 1.82) is 0 Å². The topological polar surface area (TPSA) is 64.2 Å². The summed E-state index contributed by atoms with van der Waals surface area (Å²) >= 11 is 0. The second-order valence-corrected chi connectivity index (χ2v) is 6.74. The van der Waals surface area contributed by atoms with Crippen LogP contribution in [0.25, 0.3) is 22.5 Å². The fraction of sp³-hybridized carbons (Fsp3) is 0.227. The molecule has 0 atom stereocenters. The fourth-order valence-corrected chi connectivity index (χ4v) is 3.47. The van der Waals surface area contributed by atoms with Crippen LogP contribution in [0, 0.1) is 6.92 Å². The first kappa shape index (κ1) is 18.0. The van der Waals surface area contributed by atoms with Gasteiger partial charge in [0.1, 0.15) is 5.69 Å². The molecular formula is C22H22N4O2. The van der Waals surface area contributed by atoms with Crippen molar-refractivity contribution in [1.82, 2.24) is 19.7 Å². The predicted octanol–water partition coefficient (Wildman–Crippen LogP) is 4.20. The Balaban J connectivity index is 1.82. The van der Waals surface area contributed by atoms with Crippen molar-refractivity contribution in [2.75, 3.05) is 6.54 Å². The van der Waals surface area contributed by atoms with Crippen molar-refractivity contribution >= 4 is 16.9 Å². The van der Waals surface area contributed by atoms with Gasteiger partial charge in [0.2, 0.25) is 0 Å². The maximum Gasteiger partial charge on any atom is 0.255 e. The highest BCUT2D eigenvalue weighted by Gasteiger charge is 2.23. The molecule has 1 amide bonds. The fourth-order valence-electron chi connectivity index (χ4n) is 3.47. The van der Waals surface area contributed by atoms with E-state index < -0.39 is 0 Å². The van der Waals surface area contributed by atoms with E-state index in [9.17, 15) is 4.79 Å². The summed E-state index contributed by atoms with van der Waals surface area (Å²) < 4.78 is 7.22. The number of fused-ring (bicyclic) bond motifs is 1. The number of carbonyl (C=O) groups excluding carboxylic acids is 1. The minimum atomic E-state index is -0.0392. The van der Waals surface area contributed by atoms with Gasteiger partial charge in [-0.25, -0.2) is 4.98 Å². The molecule has 0 radical (unpaired) electrons. The Morgan fingerprint density at radius 1 is 1.18 bits per heavy atom. The predicted molar refractivity (Wildman–Crippen MR) is 108 cm³/mol. The molecule has 1 aromatic carbocycles. The van der Waals surface area contributed by atoms with E-state index in [1.807, 2.05) is 74.3 Å². The van der Waals surface area contributed by atoms with Crippen LogP contribution in [0.3, 0.4) is 0 Å². The highest BCUT2D eigenvalue weighted by molar-refractivity contribution is 6.07. The van der Waals surface area contributed by atoms with Crippen molar-refractivity contribution in [2.24, 2.45) is 7.05 Å². The Bertz CT molecular complexity index is 1110. The number of carbonyl (C=O) groups is 1. The quantitative estimate of drug-likeness (QED) is 0.525. The molecule has 6 nitrogen and oxygen atoms in total. The molecule has 0 saturated heterocycles. The minimum absolute atomic E-state index is 0.0392. The number of hydrogen-bond acceptors (Lipinski definition) is 4. The zero-order chi connectivity index (χ0) is 19.7. The van der Waals surface area contributed by atoms with E-state index in [1.54, 1.807) is 10.9 Å². The van der Waals surface area contributed by atoms with E-state index in [0.717, 1.165) is 16.6 Å². The SMILES string of the molecule is CCN(Cc1ccccc1)C(=O)c1cc(-c2ccco2)nc2c1c(C)nn2C. The van der Waals surface area contributed by atoms with Crippen LogP contribution in [-0.2, 0) is 13.6 Å². The number of benzene rings is 1. The summed E-state index contributed by atoms with van der Waals surface area (Å²) in [6.45, 7) is 5.05. The lowest BCUT2D eigenvalue weighted by molar-refractivity contribution is 0.0754. The van der Waals surface area contributed by atoms with E-state index in [0.29, 0.717) is 35.8 Å². The highest BCUT2D eigenvalue weighted by atomic mass is 16.3. The average Bonchev–Trinajstić information content (AvgIpc) is 3.34. The van der Waals surface area contributed by atoms with Gasteiger partial charge in [-0.3, -0.25) is 9.48 Å². The third-order valence-corrected chi connectivity index (χ3v) is 4.86. The smallest absolute Gasteiger partial charge is 0.255 e. The molecule has 4 rings (SSSR count). The van der Waals surface area contributed by atoms with Crippen molar-refractivity contribution in [3.8, 4) is 11.5 Å². The molecular weight excluding hydrogens is 352 g/mol. The van der Waals surface area contributed by atoms with Gasteiger partial charge in [-0.1, -0.05) is 30.3 Å². The number of nitrogens with zero attached hydrogens (tertiary/aromatic N) is 4. The first-order valence-corrected chi connectivity index (χ1v) is 9.30. The molecule has 0 aliphatic rings. The van der Waals surface area contributed by atoms with Gasteiger partial charge in [-0.2, -0.15) is 5.10 Å². The van der Waals surface area contributed by atoms with Crippen LogP contribution >= 0.6 is 0 Å². The Kier molecular flexibility index (Phi) is 4.69. The number of pyridine rings is 1. The van der Waals surface area contributed by atoms with E-state index in [4.69, 9.17) is 4.42 Å². The standard InChI is InChI=1S/C22H22N4O2/c1-4-26(14-16-9-6-5-7-10-16)22(27)17-13-18(19-11-8-12-28-19)23-21-20(17)15(2)24-25(21)3/h5-13H,4,14H2,1-3H3. The normalized spacial score (nSPS) is 11.1. The first-order chi connectivity index (χ1) is 13.6. The monoisotopic (exact) mass is 374 g/mol. The first-order valence-electron chi connectivity index (χ1n) is 9.30. The number of aryl methyl sites for hydroxylation is 2. The molecule has 0 unspecified atom stereocenters. The Morgan fingerprint density at radius 2 is 1.96 bits per heavy atom. The molecule has 0 saturated carbocycles. The molecule has 0 bridgehead atoms. The van der Waals surface area contributed by atoms with Crippen molar-refractivity contribution < 1.29 is 9.21 Å². The molecule has 0 N–H and O–H groups in total. The third-order valence-electron chi connectivity index (χ3n) is 4.86. The van der Waals surface area contributed by atoms with E-state index in [-0.39, 0.29) is 5.91 Å². The van der Waals surface area contributed by atoms with Gasteiger partial charge < -0.3 is 9.32 Å². The minimum Gasteiger partial charge on any atom is -0.463 e. The molecule has 0 aliphatic heterocycles. The zero-order valence-corrected chi connectivity index (χ0v) is 16.2. The number of amides is 1. The number of aromatic nitrogens is 3. The average molecular weight is 374 g/mol. The molecule has 4 aromatic rings. The number of rotatable bonds is 5. The van der Waals surface area contributed by atoms with Gasteiger partial charge in [0.05, 0.1) is 22.9 Å². The van der Waals surface area contributed by atoms with E-state index in [2.05, 4.69) is 10.1 Å². The van der Waals surface area contributed by atoms with Gasteiger partial charge in [0.15, 0.2) is 11.4 Å². The summed E-state index contributed by atoms with van der Waals surface area (Å²) in [5.41, 5.74) is 3.78. The number of furan rings is 1. The second kappa shape index (κ2) is 7.31. The molecule has 3 aromatic heterocycles. The lowest BCUT2D eigenvalue weighted by Crippen LogP contribution is -2.30. The van der Waals surface area contributed by atoms with Crippen LogP contribution in [0.4, 0.5) is 0 Å². The number of hydrogen-bond donors (Lipinski definition) is 0. The molecule has 0 aliphatic carbocycles. The molecule has 3 heterocycles. The van der Waals surface area contributed by atoms with Gasteiger partial charge in [-0.15, -0.1) is 0 Å². The highest BCUT2D eigenvalue weighted by Crippen LogP contribution is 2.28.